The van der Waals surface area contributed by atoms with E-state index in [1.54, 1.807) is 61.5 Å². The molecule has 1 aromatic carbocycles. The van der Waals surface area contributed by atoms with Gasteiger partial charge in [-0.1, -0.05) is 6.07 Å². The topological polar surface area (TPSA) is 98.1 Å². The summed E-state index contributed by atoms with van der Waals surface area (Å²) in [5.74, 6) is -0.0948. The van der Waals surface area contributed by atoms with Gasteiger partial charge in [-0.15, -0.1) is 0 Å². The van der Waals surface area contributed by atoms with Gasteiger partial charge in [-0.05, 0) is 60.2 Å². The van der Waals surface area contributed by atoms with Gasteiger partial charge in [0.2, 0.25) is 11.8 Å². The highest BCUT2D eigenvalue weighted by Crippen LogP contribution is 2.12. The number of amides is 2. The van der Waals surface area contributed by atoms with Crippen molar-refractivity contribution in [2.45, 2.75) is 13.0 Å². The number of pyridine rings is 1. The number of carbonyl (C=O) groups excluding carboxylic acids is 2. The Morgan fingerprint density at radius 1 is 1.31 bits per heavy atom. The van der Waals surface area contributed by atoms with Gasteiger partial charge in [0, 0.05) is 16.4 Å². The molecule has 2 amide bonds. The van der Waals surface area contributed by atoms with Gasteiger partial charge in [-0.2, -0.15) is 5.26 Å². The quantitative estimate of drug-likeness (QED) is 0.755. The first-order valence-electron chi connectivity index (χ1n) is 7.81. The Morgan fingerprint density at radius 2 is 2.08 bits per heavy atom. The number of aromatic nitrogens is 1. The van der Waals surface area contributed by atoms with Gasteiger partial charge in [-0.3, -0.25) is 14.5 Å². The molecule has 0 aliphatic heterocycles. The minimum absolute atomic E-state index is 0.0323. The molecule has 8 heteroatoms. The van der Waals surface area contributed by atoms with E-state index < -0.39 is 6.04 Å². The van der Waals surface area contributed by atoms with Gasteiger partial charge in [-0.25, -0.2) is 4.98 Å². The van der Waals surface area contributed by atoms with Crippen LogP contribution in [0, 0.1) is 11.3 Å². The molecule has 0 fully saturated rings. The van der Waals surface area contributed by atoms with Gasteiger partial charge in [0.05, 0.1) is 24.2 Å². The zero-order valence-corrected chi connectivity index (χ0v) is 15.9. The van der Waals surface area contributed by atoms with Crippen LogP contribution in [-0.2, 0) is 9.59 Å². The third-order valence-electron chi connectivity index (χ3n) is 3.69. The Hall–Kier alpha value is -2.76. The number of likely N-dealkylation sites (N-methyl/N-ethyl adjacent to an activating group) is 1. The van der Waals surface area contributed by atoms with Crippen molar-refractivity contribution in [3.63, 3.8) is 0 Å². The molecule has 0 aliphatic carbocycles. The molecule has 1 unspecified atom stereocenters. The van der Waals surface area contributed by atoms with E-state index in [1.165, 1.54) is 0 Å². The maximum Gasteiger partial charge on any atom is 0.241 e. The molecule has 0 saturated heterocycles. The largest absolute Gasteiger partial charge is 0.325 e. The minimum Gasteiger partial charge on any atom is -0.325 e. The SMILES string of the molecule is CC(C(=O)Nc1cccc(C#N)c1)N(C)CC(=O)Nc1ccc(Br)cn1. The molecular weight excluding hydrogens is 398 g/mol. The van der Waals surface area contributed by atoms with Gasteiger partial charge in [0.15, 0.2) is 0 Å². The van der Waals surface area contributed by atoms with Crippen molar-refractivity contribution in [2.24, 2.45) is 0 Å². The minimum atomic E-state index is -0.538. The number of rotatable bonds is 6. The summed E-state index contributed by atoms with van der Waals surface area (Å²) in [4.78, 5) is 30.1. The van der Waals surface area contributed by atoms with Crippen LogP contribution in [-0.4, -0.2) is 41.3 Å². The van der Waals surface area contributed by atoms with E-state index in [0.717, 1.165) is 4.47 Å². The zero-order valence-electron chi connectivity index (χ0n) is 14.4. The summed E-state index contributed by atoms with van der Waals surface area (Å²) in [6, 6.07) is 11.6. The number of anilines is 2. The lowest BCUT2D eigenvalue weighted by atomic mass is 10.2. The van der Waals surface area contributed by atoms with Crippen molar-refractivity contribution in [1.82, 2.24) is 9.88 Å². The molecule has 2 rings (SSSR count). The van der Waals surface area contributed by atoms with E-state index in [-0.39, 0.29) is 18.4 Å². The molecule has 0 radical (unpaired) electrons. The average molecular weight is 416 g/mol. The lowest BCUT2D eigenvalue weighted by molar-refractivity contribution is -0.122. The number of benzene rings is 1. The highest BCUT2D eigenvalue weighted by atomic mass is 79.9. The first kappa shape index (κ1) is 19.6. The highest BCUT2D eigenvalue weighted by Gasteiger charge is 2.20. The normalized spacial score (nSPS) is 11.5. The summed E-state index contributed by atoms with van der Waals surface area (Å²) in [5, 5.41) is 14.3. The van der Waals surface area contributed by atoms with E-state index in [0.29, 0.717) is 17.1 Å². The number of nitriles is 1. The van der Waals surface area contributed by atoms with E-state index >= 15 is 0 Å². The third kappa shape index (κ3) is 5.65. The Balaban J connectivity index is 1.90. The fourth-order valence-electron chi connectivity index (χ4n) is 2.11. The predicted octanol–water partition coefficient (Wildman–Crippen LogP) is 2.61. The van der Waals surface area contributed by atoms with Gasteiger partial charge < -0.3 is 10.6 Å². The second kappa shape index (κ2) is 9.08. The van der Waals surface area contributed by atoms with Gasteiger partial charge >= 0.3 is 0 Å². The van der Waals surface area contributed by atoms with Crippen molar-refractivity contribution >= 4 is 39.2 Å². The average Bonchev–Trinajstić information content (AvgIpc) is 2.63. The van der Waals surface area contributed by atoms with Crippen LogP contribution >= 0.6 is 15.9 Å². The molecule has 2 N–H and O–H groups in total. The molecule has 0 saturated carbocycles. The maximum absolute atomic E-state index is 12.3. The molecule has 0 spiro atoms. The van der Waals surface area contributed by atoms with Crippen molar-refractivity contribution in [3.05, 3.63) is 52.6 Å². The van der Waals surface area contributed by atoms with Crippen LogP contribution < -0.4 is 10.6 Å². The smallest absolute Gasteiger partial charge is 0.241 e. The van der Waals surface area contributed by atoms with Crippen LogP contribution in [0.15, 0.2) is 47.1 Å². The molecule has 1 atom stereocenters. The fraction of sp³-hybridized carbons (Fsp3) is 0.222. The predicted molar refractivity (Wildman–Crippen MR) is 102 cm³/mol. The molecular formula is C18H18BrN5O2. The lowest BCUT2D eigenvalue weighted by Gasteiger charge is -2.23. The summed E-state index contributed by atoms with van der Waals surface area (Å²) < 4.78 is 0.818. The Morgan fingerprint density at radius 3 is 2.73 bits per heavy atom. The third-order valence-corrected chi connectivity index (χ3v) is 4.16. The molecule has 2 aromatic rings. The van der Waals surface area contributed by atoms with Crippen LogP contribution in [0.25, 0.3) is 0 Å². The van der Waals surface area contributed by atoms with Crippen LogP contribution in [0.2, 0.25) is 0 Å². The summed E-state index contributed by atoms with van der Waals surface area (Å²) in [6.07, 6.45) is 1.59. The van der Waals surface area contributed by atoms with E-state index in [9.17, 15) is 9.59 Å². The number of carbonyl (C=O) groups is 2. The molecule has 1 heterocycles. The second-order valence-corrected chi connectivity index (χ2v) is 6.60. The molecule has 26 heavy (non-hydrogen) atoms. The van der Waals surface area contributed by atoms with Crippen molar-refractivity contribution in [1.29, 1.82) is 5.26 Å². The monoisotopic (exact) mass is 415 g/mol. The van der Waals surface area contributed by atoms with Crippen molar-refractivity contribution in [3.8, 4) is 6.07 Å². The fourth-order valence-corrected chi connectivity index (χ4v) is 2.34. The van der Waals surface area contributed by atoms with E-state index in [4.69, 9.17) is 5.26 Å². The Labute approximate surface area is 160 Å². The molecule has 134 valence electrons. The molecule has 1 aromatic heterocycles. The van der Waals surface area contributed by atoms with Crippen LogP contribution in [0.5, 0.6) is 0 Å². The van der Waals surface area contributed by atoms with Gasteiger partial charge in [0.1, 0.15) is 5.82 Å². The molecule has 7 nitrogen and oxygen atoms in total. The number of nitrogens with one attached hydrogen (secondary N) is 2. The number of hydrogen-bond acceptors (Lipinski definition) is 5. The number of hydrogen-bond donors (Lipinski definition) is 2. The van der Waals surface area contributed by atoms with Gasteiger partial charge in [0.25, 0.3) is 0 Å². The number of halogens is 1. The van der Waals surface area contributed by atoms with Crippen LogP contribution in [0.3, 0.4) is 0 Å². The van der Waals surface area contributed by atoms with Crippen LogP contribution in [0.1, 0.15) is 12.5 Å². The highest BCUT2D eigenvalue weighted by molar-refractivity contribution is 9.10. The molecule has 0 aliphatic rings. The summed E-state index contributed by atoms with van der Waals surface area (Å²) in [7, 11) is 1.69. The van der Waals surface area contributed by atoms with E-state index in [1.807, 2.05) is 6.07 Å². The Kier molecular flexibility index (Phi) is 6.83. The number of nitrogens with zero attached hydrogens (tertiary/aromatic N) is 3. The van der Waals surface area contributed by atoms with Crippen molar-refractivity contribution < 1.29 is 9.59 Å². The lowest BCUT2D eigenvalue weighted by Crippen LogP contribution is -2.43. The summed E-state index contributed by atoms with van der Waals surface area (Å²) in [6.45, 7) is 1.74. The first-order chi connectivity index (χ1) is 12.4. The summed E-state index contributed by atoms with van der Waals surface area (Å²) >= 11 is 3.28. The van der Waals surface area contributed by atoms with Crippen LogP contribution in [0.4, 0.5) is 11.5 Å². The standard InChI is InChI=1S/C18H18BrN5O2/c1-12(18(26)22-15-5-3-4-13(8-15)9-20)24(2)11-17(25)23-16-7-6-14(19)10-21-16/h3-8,10,12H,11H2,1-2H3,(H,22,26)(H,21,23,25). The summed E-state index contributed by atoms with van der Waals surface area (Å²) in [5.41, 5.74) is 1.00. The molecule has 0 bridgehead atoms. The second-order valence-electron chi connectivity index (χ2n) is 5.68. The van der Waals surface area contributed by atoms with E-state index in [2.05, 4.69) is 31.5 Å². The maximum atomic E-state index is 12.3. The van der Waals surface area contributed by atoms with Crippen molar-refractivity contribution in [2.75, 3.05) is 24.2 Å². The first-order valence-corrected chi connectivity index (χ1v) is 8.61. The Bertz CT molecular complexity index is 832. The zero-order chi connectivity index (χ0) is 19.1.